The van der Waals surface area contributed by atoms with E-state index in [1.54, 1.807) is 6.07 Å². The fourth-order valence-electron chi connectivity index (χ4n) is 3.07. The first-order valence-electron chi connectivity index (χ1n) is 9.05. The largest absolute Gasteiger partial charge is 0.489 e. The van der Waals surface area contributed by atoms with Crippen molar-refractivity contribution in [1.82, 2.24) is 10.2 Å². The fraction of sp³-hybridized carbons (Fsp3) is 0.300. The summed E-state index contributed by atoms with van der Waals surface area (Å²) in [6, 6.07) is 9.22. The van der Waals surface area contributed by atoms with E-state index in [0.717, 1.165) is 4.90 Å². The predicted octanol–water partition coefficient (Wildman–Crippen LogP) is 3.80. The summed E-state index contributed by atoms with van der Waals surface area (Å²) < 4.78 is 34.3. The van der Waals surface area contributed by atoms with Gasteiger partial charge >= 0.3 is 12.6 Å². The lowest BCUT2D eigenvalue weighted by Gasteiger charge is -2.23. The van der Waals surface area contributed by atoms with Crippen molar-refractivity contribution in [2.75, 3.05) is 13.2 Å². The van der Waals surface area contributed by atoms with Crippen LogP contribution in [0.3, 0.4) is 0 Å². The van der Waals surface area contributed by atoms with Gasteiger partial charge < -0.3 is 19.9 Å². The standard InChI is InChI=1S/C20H18Cl2F2N2O5/c1-20(11-2-5-14(6-3-11)31-18(23)24)17(28)26(19(29)25-20)9-13(27)10-30-16-8-12(21)4-7-15(16)22/h2-8,13,18,27H,9-10H2,1H3,(H,25,29). The molecule has 2 atom stereocenters. The maximum Gasteiger partial charge on any atom is 0.387 e. The minimum Gasteiger partial charge on any atom is -0.489 e. The average molecular weight is 475 g/mol. The van der Waals surface area contributed by atoms with Crippen molar-refractivity contribution in [3.63, 3.8) is 0 Å². The molecule has 1 aliphatic rings. The highest BCUT2D eigenvalue weighted by atomic mass is 35.5. The highest BCUT2D eigenvalue weighted by Crippen LogP contribution is 2.31. The molecular weight excluding hydrogens is 457 g/mol. The minimum absolute atomic E-state index is 0.0803. The zero-order valence-corrected chi connectivity index (χ0v) is 17.7. The Bertz CT molecular complexity index is 977. The highest BCUT2D eigenvalue weighted by molar-refractivity contribution is 6.34. The zero-order valence-electron chi connectivity index (χ0n) is 16.1. The van der Waals surface area contributed by atoms with Crippen LogP contribution in [-0.4, -0.2) is 47.8 Å². The number of halogens is 4. The Labute approximate surface area is 186 Å². The molecule has 0 aliphatic carbocycles. The summed E-state index contributed by atoms with van der Waals surface area (Å²) in [5.74, 6) is -0.440. The van der Waals surface area contributed by atoms with Gasteiger partial charge in [-0.25, -0.2) is 4.79 Å². The SMILES string of the molecule is CC1(c2ccc(OC(F)F)cc2)NC(=O)N(CC(O)COc2cc(Cl)ccc2Cl)C1=O. The van der Waals surface area contributed by atoms with E-state index in [1.165, 1.54) is 43.3 Å². The quantitative estimate of drug-likeness (QED) is 0.568. The number of alkyl halides is 2. The van der Waals surface area contributed by atoms with Gasteiger partial charge in [0, 0.05) is 11.1 Å². The number of imide groups is 1. The number of carbonyl (C=O) groups excluding carboxylic acids is 2. The van der Waals surface area contributed by atoms with Crippen molar-refractivity contribution in [1.29, 1.82) is 0 Å². The van der Waals surface area contributed by atoms with Crippen molar-refractivity contribution < 1.29 is 33.0 Å². The molecular formula is C20H18Cl2F2N2O5. The lowest BCUT2D eigenvalue weighted by Crippen LogP contribution is -2.42. The molecule has 1 fully saturated rings. The first kappa shape index (κ1) is 23.1. The Morgan fingerprint density at radius 2 is 1.84 bits per heavy atom. The molecule has 31 heavy (non-hydrogen) atoms. The van der Waals surface area contributed by atoms with Crippen LogP contribution in [0.1, 0.15) is 12.5 Å². The summed E-state index contributed by atoms with van der Waals surface area (Å²) in [6.07, 6.45) is -1.20. The van der Waals surface area contributed by atoms with Crippen molar-refractivity contribution in [3.8, 4) is 11.5 Å². The van der Waals surface area contributed by atoms with Gasteiger partial charge in [0.1, 0.15) is 29.7 Å². The molecule has 166 valence electrons. The van der Waals surface area contributed by atoms with Crippen LogP contribution in [-0.2, 0) is 10.3 Å². The van der Waals surface area contributed by atoms with Gasteiger partial charge in [-0.05, 0) is 36.8 Å². The van der Waals surface area contributed by atoms with Crippen LogP contribution in [0.25, 0.3) is 0 Å². The molecule has 2 aromatic rings. The van der Waals surface area contributed by atoms with Crippen molar-refractivity contribution in [2.45, 2.75) is 25.2 Å². The van der Waals surface area contributed by atoms with E-state index in [9.17, 15) is 23.5 Å². The monoisotopic (exact) mass is 474 g/mol. The number of hydrogen-bond acceptors (Lipinski definition) is 5. The Kier molecular flexibility index (Phi) is 6.88. The van der Waals surface area contributed by atoms with Gasteiger partial charge in [-0.3, -0.25) is 9.69 Å². The van der Waals surface area contributed by atoms with Crippen LogP contribution in [0.5, 0.6) is 11.5 Å². The molecule has 0 saturated carbocycles. The summed E-state index contributed by atoms with van der Waals surface area (Å²) in [5, 5.41) is 13.5. The Hall–Kier alpha value is -2.62. The van der Waals surface area contributed by atoms with E-state index in [4.69, 9.17) is 27.9 Å². The minimum atomic E-state index is -2.98. The number of aliphatic hydroxyl groups is 1. The van der Waals surface area contributed by atoms with Gasteiger partial charge in [0.25, 0.3) is 5.91 Å². The summed E-state index contributed by atoms with van der Waals surface area (Å²) in [6.45, 7) is -2.07. The lowest BCUT2D eigenvalue weighted by molar-refractivity contribution is -0.132. The highest BCUT2D eigenvalue weighted by Gasteiger charge is 2.49. The molecule has 1 aliphatic heterocycles. The maximum absolute atomic E-state index is 12.9. The summed E-state index contributed by atoms with van der Waals surface area (Å²) in [4.78, 5) is 26.1. The van der Waals surface area contributed by atoms with E-state index in [0.29, 0.717) is 15.6 Å². The number of hydrogen-bond donors (Lipinski definition) is 2. The van der Waals surface area contributed by atoms with Gasteiger partial charge in [0.05, 0.1) is 11.6 Å². The number of benzene rings is 2. The summed E-state index contributed by atoms with van der Waals surface area (Å²) in [5.41, 5.74) is -1.07. The number of rotatable bonds is 8. The van der Waals surface area contributed by atoms with Crippen LogP contribution < -0.4 is 14.8 Å². The molecule has 1 heterocycles. The molecule has 1 saturated heterocycles. The third-order valence-corrected chi connectivity index (χ3v) is 5.20. The van der Waals surface area contributed by atoms with Crippen LogP contribution >= 0.6 is 23.2 Å². The Balaban J connectivity index is 1.65. The topological polar surface area (TPSA) is 88.1 Å². The van der Waals surface area contributed by atoms with E-state index >= 15 is 0 Å². The average Bonchev–Trinajstić information content (AvgIpc) is 2.92. The second kappa shape index (κ2) is 9.25. The second-order valence-electron chi connectivity index (χ2n) is 6.91. The first-order valence-corrected chi connectivity index (χ1v) is 9.81. The van der Waals surface area contributed by atoms with Crippen LogP contribution in [0.2, 0.25) is 10.0 Å². The number of urea groups is 1. The second-order valence-corrected chi connectivity index (χ2v) is 7.76. The molecule has 2 unspecified atom stereocenters. The van der Waals surface area contributed by atoms with E-state index in [1.807, 2.05) is 0 Å². The molecule has 11 heteroatoms. The summed E-state index contributed by atoms with van der Waals surface area (Å²) >= 11 is 11.9. The van der Waals surface area contributed by atoms with Crippen LogP contribution in [0, 0.1) is 0 Å². The molecule has 2 N–H and O–H groups in total. The molecule has 0 spiro atoms. The molecule has 3 amide bonds. The van der Waals surface area contributed by atoms with Gasteiger partial charge in [0.15, 0.2) is 0 Å². The smallest absolute Gasteiger partial charge is 0.387 e. The van der Waals surface area contributed by atoms with Gasteiger partial charge in [-0.2, -0.15) is 8.78 Å². The molecule has 3 rings (SSSR count). The zero-order chi connectivity index (χ0) is 22.8. The van der Waals surface area contributed by atoms with Crippen molar-refractivity contribution >= 4 is 35.1 Å². The van der Waals surface area contributed by atoms with E-state index < -0.39 is 30.2 Å². The van der Waals surface area contributed by atoms with Gasteiger partial charge in [-0.15, -0.1) is 0 Å². The number of carbonyl (C=O) groups is 2. The molecule has 7 nitrogen and oxygen atoms in total. The van der Waals surface area contributed by atoms with Gasteiger partial charge in [0.2, 0.25) is 0 Å². The summed E-state index contributed by atoms with van der Waals surface area (Å²) in [7, 11) is 0. The normalized spacial score (nSPS) is 19.5. The third-order valence-electron chi connectivity index (χ3n) is 4.65. The molecule has 2 aromatic carbocycles. The fourth-order valence-corrected chi connectivity index (χ4v) is 3.40. The number of amides is 3. The number of aliphatic hydroxyl groups excluding tert-OH is 1. The number of nitrogens with zero attached hydrogens (tertiary/aromatic N) is 1. The number of nitrogens with one attached hydrogen (secondary N) is 1. The van der Waals surface area contributed by atoms with Crippen LogP contribution in [0.4, 0.5) is 13.6 Å². The molecule has 0 radical (unpaired) electrons. The van der Waals surface area contributed by atoms with E-state index in [-0.39, 0.29) is 24.7 Å². The Morgan fingerprint density at radius 1 is 1.16 bits per heavy atom. The first-order chi connectivity index (χ1) is 14.6. The molecule has 0 bridgehead atoms. The van der Waals surface area contributed by atoms with Crippen LogP contribution in [0.15, 0.2) is 42.5 Å². The van der Waals surface area contributed by atoms with Crippen molar-refractivity contribution in [3.05, 3.63) is 58.1 Å². The Morgan fingerprint density at radius 3 is 2.48 bits per heavy atom. The maximum atomic E-state index is 12.9. The van der Waals surface area contributed by atoms with Crippen molar-refractivity contribution in [2.24, 2.45) is 0 Å². The molecule has 0 aromatic heterocycles. The number of ether oxygens (including phenoxy) is 2. The van der Waals surface area contributed by atoms with Gasteiger partial charge in [-0.1, -0.05) is 35.3 Å². The predicted molar refractivity (Wildman–Crippen MR) is 109 cm³/mol. The number of β-amino-alcohol motifs (C(OH)–C–C–N with tert-alkyl or cyclic N) is 1. The lowest BCUT2D eigenvalue weighted by atomic mass is 9.92. The van der Waals surface area contributed by atoms with E-state index in [2.05, 4.69) is 10.1 Å². The third kappa shape index (κ3) is 5.17.